The number of amides is 1. The van der Waals surface area contributed by atoms with Crippen LogP contribution in [-0.2, 0) is 11.2 Å². The first-order chi connectivity index (χ1) is 20.8. The highest BCUT2D eigenvalue weighted by Gasteiger charge is 2.32. The zero-order valence-corrected chi connectivity index (χ0v) is 26.3. The first-order valence-corrected chi connectivity index (χ1v) is 15.8. The molecule has 0 radical (unpaired) electrons. The molecule has 5 rings (SSSR count). The van der Waals surface area contributed by atoms with Crippen molar-refractivity contribution < 1.29 is 9.53 Å². The van der Waals surface area contributed by atoms with Crippen LogP contribution >= 0.6 is 23.4 Å². The monoisotopic (exact) mass is 616 g/mol. The molecule has 3 aromatic carbocycles. The van der Waals surface area contributed by atoms with Gasteiger partial charge in [-0.2, -0.15) is 9.78 Å². The smallest absolute Gasteiger partial charge is 0.274 e. The lowest BCUT2D eigenvalue weighted by Crippen LogP contribution is -2.47. The van der Waals surface area contributed by atoms with Gasteiger partial charge in [-0.3, -0.25) is 9.59 Å². The highest BCUT2D eigenvalue weighted by Crippen LogP contribution is 2.31. The number of rotatable bonds is 10. The topological polar surface area (TPSA) is 85.2 Å². The molecule has 1 amide bonds. The van der Waals surface area contributed by atoms with Crippen molar-refractivity contribution >= 4 is 29.3 Å². The third-order valence-electron chi connectivity index (χ3n) is 7.88. The number of aromatic nitrogens is 2. The van der Waals surface area contributed by atoms with Crippen molar-refractivity contribution in [3.8, 4) is 11.4 Å². The average Bonchev–Trinajstić information content (AvgIpc) is 3.02. The number of ether oxygens (including phenoxy) is 1. The first kappa shape index (κ1) is 30.9. The summed E-state index contributed by atoms with van der Waals surface area (Å²) in [6.45, 7) is 5.63. The normalized spacial score (nSPS) is 17.3. The van der Waals surface area contributed by atoms with E-state index in [9.17, 15) is 9.59 Å². The number of hydrogen-bond acceptors (Lipinski definition) is 6. The maximum atomic E-state index is 13.6. The second kappa shape index (κ2) is 14.3. The van der Waals surface area contributed by atoms with E-state index < -0.39 is 0 Å². The third kappa shape index (κ3) is 7.88. The van der Waals surface area contributed by atoms with Crippen LogP contribution in [0.1, 0.15) is 42.4 Å². The number of carbonyl (C=O) groups excluding carboxylic acids is 1. The van der Waals surface area contributed by atoms with Gasteiger partial charge in [0.25, 0.3) is 5.56 Å². The van der Waals surface area contributed by atoms with E-state index in [1.807, 2.05) is 61.5 Å². The molecule has 0 aliphatic carbocycles. The lowest BCUT2D eigenvalue weighted by molar-refractivity contribution is -0.126. The number of nitrogens with zero attached hydrogens (tertiary/aromatic N) is 2. The van der Waals surface area contributed by atoms with Crippen molar-refractivity contribution in [2.45, 2.75) is 55.0 Å². The van der Waals surface area contributed by atoms with Crippen molar-refractivity contribution in [1.82, 2.24) is 20.4 Å². The van der Waals surface area contributed by atoms with E-state index >= 15 is 0 Å². The van der Waals surface area contributed by atoms with Crippen LogP contribution in [-0.4, -0.2) is 41.9 Å². The fourth-order valence-electron chi connectivity index (χ4n) is 5.41. The maximum absolute atomic E-state index is 13.6. The summed E-state index contributed by atoms with van der Waals surface area (Å²) < 4.78 is 6.73. The van der Waals surface area contributed by atoms with Crippen molar-refractivity contribution in [2.24, 2.45) is 5.92 Å². The number of benzene rings is 3. The number of nitrogens with one attached hydrogen (secondary N) is 2. The third-order valence-corrected chi connectivity index (χ3v) is 9.04. The summed E-state index contributed by atoms with van der Waals surface area (Å²) in [4.78, 5) is 28.1. The molecule has 224 valence electrons. The molecule has 0 spiro atoms. The molecular formula is C34H37ClN4O3S. The standard InChI is InChI=1S/C34H37ClN4O3S/c1-22-4-7-24(8-5-22)30-18-19-36-21-31(30)33(40)37-23(2)6-9-25-20-32(43-29-16-10-26(35)11-17-29)38-39(34(25)41)27-12-14-28(42-3)15-13-27/h4-5,7-8,10-17,20,23,30-31,36H,6,9,18-19,21H2,1-3H3,(H,37,40)/t23-,30-,31+/m1/s1. The Morgan fingerprint density at radius 2 is 1.84 bits per heavy atom. The molecule has 0 saturated carbocycles. The summed E-state index contributed by atoms with van der Waals surface area (Å²) in [5, 5.41) is 12.7. The van der Waals surface area contributed by atoms with Crippen molar-refractivity contribution in [3.05, 3.63) is 111 Å². The van der Waals surface area contributed by atoms with Gasteiger partial charge in [0.05, 0.1) is 18.7 Å². The summed E-state index contributed by atoms with van der Waals surface area (Å²) in [5.41, 5.74) is 3.53. The Hall–Kier alpha value is -3.59. The van der Waals surface area contributed by atoms with Crippen LogP contribution in [0.5, 0.6) is 5.75 Å². The molecule has 1 aliphatic heterocycles. The van der Waals surface area contributed by atoms with E-state index in [0.717, 1.165) is 17.9 Å². The molecule has 0 unspecified atom stereocenters. The number of hydrogen-bond donors (Lipinski definition) is 2. The molecule has 0 bridgehead atoms. The molecular weight excluding hydrogens is 580 g/mol. The van der Waals surface area contributed by atoms with Gasteiger partial charge in [-0.1, -0.05) is 53.2 Å². The molecule has 7 nitrogen and oxygen atoms in total. The van der Waals surface area contributed by atoms with Gasteiger partial charge in [-0.15, -0.1) is 0 Å². The van der Waals surface area contributed by atoms with Crippen molar-refractivity contribution in [1.29, 1.82) is 0 Å². The van der Waals surface area contributed by atoms with E-state index in [2.05, 4.69) is 46.9 Å². The van der Waals surface area contributed by atoms with Gasteiger partial charge in [0.1, 0.15) is 10.8 Å². The summed E-state index contributed by atoms with van der Waals surface area (Å²) in [6, 6.07) is 25.0. The quantitative estimate of drug-likeness (QED) is 0.221. The van der Waals surface area contributed by atoms with Gasteiger partial charge >= 0.3 is 0 Å². The Labute approximate surface area is 262 Å². The molecule has 1 aromatic heterocycles. The summed E-state index contributed by atoms with van der Waals surface area (Å²) in [5.74, 6) is 0.786. The lowest BCUT2D eigenvalue weighted by atomic mass is 9.80. The summed E-state index contributed by atoms with van der Waals surface area (Å²) in [7, 11) is 1.61. The van der Waals surface area contributed by atoms with Gasteiger partial charge in [0.2, 0.25) is 5.91 Å². The Morgan fingerprint density at radius 3 is 2.53 bits per heavy atom. The minimum atomic E-state index is -0.180. The van der Waals surface area contributed by atoms with Gasteiger partial charge < -0.3 is 15.4 Å². The molecule has 3 atom stereocenters. The van der Waals surface area contributed by atoms with E-state index in [1.54, 1.807) is 7.11 Å². The zero-order chi connectivity index (χ0) is 30.3. The molecule has 1 aliphatic rings. The predicted octanol–water partition coefficient (Wildman–Crippen LogP) is 6.18. The van der Waals surface area contributed by atoms with Crippen LogP contribution in [0.25, 0.3) is 5.69 Å². The molecule has 2 heterocycles. The molecule has 2 N–H and O–H groups in total. The largest absolute Gasteiger partial charge is 0.497 e. The number of carbonyl (C=O) groups is 1. The molecule has 9 heteroatoms. The number of halogens is 1. The second-order valence-corrected chi connectivity index (χ2v) is 12.6. The molecule has 4 aromatic rings. The van der Waals surface area contributed by atoms with Crippen LogP contribution < -0.4 is 20.9 Å². The van der Waals surface area contributed by atoms with Crippen LogP contribution in [0.15, 0.2) is 93.6 Å². The highest BCUT2D eigenvalue weighted by atomic mass is 35.5. The fourth-order valence-corrected chi connectivity index (χ4v) is 6.37. The number of piperidine rings is 1. The number of methoxy groups -OCH3 is 1. The van der Waals surface area contributed by atoms with Gasteiger partial charge in [-0.25, -0.2) is 0 Å². The van der Waals surface area contributed by atoms with Crippen LogP contribution in [0, 0.1) is 12.8 Å². The Morgan fingerprint density at radius 1 is 1.12 bits per heavy atom. The molecule has 1 fully saturated rings. The lowest BCUT2D eigenvalue weighted by Gasteiger charge is -2.32. The first-order valence-electron chi connectivity index (χ1n) is 14.6. The predicted molar refractivity (Wildman–Crippen MR) is 173 cm³/mol. The zero-order valence-electron chi connectivity index (χ0n) is 24.7. The minimum Gasteiger partial charge on any atom is -0.497 e. The summed E-state index contributed by atoms with van der Waals surface area (Å²) in [6.07, 6.45) is 2.04. The van der Waals surface area contributed by atoms with Crippen LogP contribution in [0.3, 0.4) is 0 Å². The maximum Gasteiger partial charge on any atom is 0.274 e. The second-order valence-electron chi connectivity index (χ2n) is 11.0. The van der Waals surface area contributed by atoms with E-state index in [-0.39, 0.29) is 29.3 Å². The van der Waals surface area contributed by atoms with Crippen molar-refractivity contribution in [3.63, 3.8) is 0 Å². The Bertz CT molecular complexity index is 1590. The van der Waals surface area contributed by atoms with E-state index in [1.165, 1.54) is 27.6 Å². The van der Waals surface area contributed by atoms with Crippen molar-refractivity contribution in [2.75, 3.05) is 20.2 Å². The SMILES string of the molecule is COc1ccc(-n2nc(Sc3ccc(Cl)cc3)cc(CC[C@@H](C)NC(=O)[C@H]3CNCC[C@@H]3c3ccc(C)cc3)c2=O)cc1. The van der Waals surface area contributed by atoms with Gasteiger partial charge in [0.15, 0.2) is 0 Å². The molecule has 43 heavy (non-hydrogen) atoms. The van der Waals surface area contributed by atoms with Crippen LogP contribution in [0.4, 0.5) is 0 Å². The Kier molecular flexibility index (Phi) is 10.2. The summed E-state index contributed by atoms with van der Waals surface area (Å²) >= 11 is 7.55. The average molecular weight is 617 g/mol. The van der Waals surface area contributed by atoms with Gasteiger partial charge in [0, 0.05) is 28.1 Å². The minimum absolute atomic E-state index is 0.0506. The molecule has 1 saturated heterocycles. The Balaban J connectivity index is 1.32. The van der Waals surface area contributed by atoms with Crippen LogP contribution in [0.2, 0.25) is 5.02 Å². The highest BCUT2D eigenvalue weighted by molar-refractivity contribution is 7.99. The van der Waals surface area contributed by atoms with E-state index in [4.69, 9.17) is 16.3 Å². The fraction of sp³-hybridized carbons (Fsp3) is 0.324. The van der Waals surface area contributed by atoms with E-state index in [0.29, 0.717) is 46.4 Å². The van der Waals surface area contributed by atoms with Gasteiger partial charge in [-0.05, 0) is 106 Å². The number of aryl methyl sites for hydroxylation is 2.